The fourth-order valence-electron chi connectivity index (χ4n) is 3.25. The largest absolute Gasteiger partial charge is 0.330 e. The van der Waals surface area contributed by atoms with E-state index in [9.17, 15) is 0 Å². The third kappa shape index (κ3) is 4.02. The molecular weight excluding hydrogens is 315 g/mol. The molecule has 2 aromatic rings. The first-order valence-corrected chi connectivity index (χ1v) is 7.86. The second-order valence-electron chi connectivity index (χ2n) is 5.83. The summed E-state index contributed by atoms with van der Waals surface area (Å²) < 4.78 is 0. The number of likely N-dealkylation sites (tertiary alicyclic amines) is 1. The predicted octanol–water partition coefficient (Wildman–Crippen LogP) is 3.94. The van der Waals surface area contributed by atoms with E-state index < -0.39 is 0 Å². The zero-order valence-electron chi connectivity index (χ0n) is 12.5. The van der Waals surface area contributed by atoms with E-state index in [0.29, 0.717) is 11.8 Å². The number of nitrogens with zero attached hydrogens (tertiary/aromatic N) is 1. The molecule has 2 aromatic carbocycles. The number of hydrogen-bond donors (Lipinski definition) is 1. The van der Waals surface area contributed by atoms with Gasteiger partial charge in [-0.3, -0.25) is 4.90 Å². The lowest BCUT2D eigenvalue weighted by Gasteiger charge is -2.17. The Morgan fingerprint density at radius 3 is 2.32 bits per heavy atom. The van der Waals surface area contributed by atoms with Crippen LogP contribution in [0, 0.1) is 5.92 Å². The van der Waals surface area contributed by atoms with E-state index in [1.54, 1.807) is 0 Å². The third-order valence-electron chi connectivity index (χ3n) is 4.37. The zero-order valence-corrected chi connectivity index (χ0v) is 14.1. The lowest BCUT2D eigenvalue weighted by atomic mass is 9.89. The number of halogens is 2. The Morgan fingerprint density at radius 2 is 1.68 bits per heavy atom. The normalized spacial score (nSPS) is 21.5. The minimum Gasteiger partial charge on any atom is -0.330 e. The van der Waals surface area contributed by atoms with Gasteiger partial charge in [0.15, 0.2) is 0 Å². The molecule has 0 aliphatic carbocycles. The summed E-state index contributed by atoms with van der Waals surface area (Å²) in [6, 6.07) is 18.9. The minimum atomic E-state index is 0. The SMILES string of the molecule is Cl.NC[C@@H]1CN(Cc2ccc(Cl)cc2)C[C@H]1c1ccccc1. The molecule has 2 N–H and O–H groups in total. The number of rotatable bonds is 4. The van der Waals surface area contributed by atoms with Crippen molar-refractivity contribution in [2.24, 2.45) is 11.7 Å². The summed E-state index contributed by atoms with van der Waals surface area (Å²) in [6.45, 7) is 3.86. The van der Waals surface area contributed by atoms with Gasteiger partial charge in [-0.25, -0.2) is 0 Å². The van der Waals surface area contributed by atoms with Crippen LogP contribution in [0.3, 0.4) is 0 Å². The van der Waals surface area contributed by atoms with Gasteiger partial charge in [-0.05, 0) is 35.7 Å². The first kappa shape index (κ1) is 17.3. The number of benzene rings is 2. The number of nitrogens with two attached hydrogens (primary N) is 1. The highest BCUT2D eigenvalue weighted by molar-refractivity contribution is 6.30. The van der Waals surface area contributed by atoms with E-state index in [0.717, 1.165) is 31.2 Å². The van der Waals surface area contributed by atoms with E-state index in [-0.39, 0.29) is 12.4 Å². The standard InChI is InChI=1S/C18H21ClN2.ClH/c19-17-8-6-14(7-9-17)11-21-12-16(10-20)18(13-21)15-4-2-1-3-5-15;/h1-9,16,18H,10-13,20H2;1H/t16-,18+;/m1./s1. The molecule has 2 atom stereocenters. The van der Waals surface area contributed by atoms with Crippen molar-refractivity contribution in [3.8, 4) is 0 Å². The van der Waals surface area contributed by atoms with E-state index in [1.807, 2.05) is 12.1 Å². The van der Waals surface area contributed by atoms with E-state index in [1.165, 1.54) is 11.1 Å². The van der Waals surface area contributed by atoms with Crippen molar-refractivity contribution in [1.29, 1.82) is 0 Å². The van der Waals surface area contributed by atoms with Crippen LogP contribution < -0.4 is 5.73 Å². The summed E-state index contributed by atoms with van der Waals surface area (Å²) in [5.41, 5.74) is 8.71. The van der Waals surface area contributed by atoms with Gasteiger partial charge in [0.25, 0.3) is 0 Å². The number of hydrogen-bond acceptors (Lipinski definition) is 2. The van der Waals surface area contributed by atoms with E-state index >= 15 is 0 Å². The van der Waals surface area contributed by atoms with Crippen LogP contribution in [0.1, 0.15) is 17.0 Å². The summed E-state index contributed by atoms with van der Waals surface area (Å²) in [5.74, 6) is 1.09. The molecule has 2 nitrogen and oxygen atoms in total. The van der Waals surface area contributed by atoms with E-state index in [4.69, 9.17) is 17.3 Å². The molecule has 1 heterocycles. The molecule has 0 amide bonds. The van der Waals surface area contributed by atoms with Crippen LogP contribution in [0.2, 0.25) is 5.02 Å². The Kier molecular flexibility index (Phi) is 6.27. The zero-order chi connectivity index (χ0) is 14.7. The van der Waals surface area contributed by atoms with Crippen LogP contribution in [0.4, 0.5) is 0 Å². The first-order valence-electron chi connectivity index (χ1n) is 7.48. The van der Waals surface area contributed by atoms with Crippen molar-refractivity contribution in [1.82, 2.24) is 4.90 Å². The topological polar surface area (TPSA) is 29.3 Å². The molecule has 3 rings (SSSR count). The van der Waals surface area contributed by atoms with Crippen molar-refractivity contribution in [2.75, 3.05) is 19.6 Å². The lowest BCUT2D eigenvalue weighted by molar-refractivity contribution is 0.317. The molecule has 1 aliphatic heterocycles. The van der Waals surface area contributed by atoms with Gasteiger partial charge in [0.05, 0.1) is 0 Å². The van der Waals surface area contributed by atoms with Crippen molar-refractivity contribution in [2.45, 2.75) is 12.5 Å². The molecule has 0 radical (unpaired) electrons. The van der Waals surface area contributed by atoms with Crippen LogP contribution in [0.15, 0.2) is 54.6 Å². The maximum atomic E-state index is 5.99. The fraction of sp³-hybridized carbons (Fsp3) is 0.333. The smallest absolute Gasteiger partial charge is 0.0406 e. The van der Waals surface area contributed by atoms with Crippen LogP contribution in [-0.2, 0) is 6.54 Å². The van der Waals surface area contributed by atoms with Gasteiger partial charge in [-0.2, -0.15) is 0 Å². The molecule has 1 fully saturated rings. The van der Waals surface area contributed by atoms with Gasteiger partial charge in [0.2, 0.25) is 0 Å². The van der Waals surface area contributed by atoms with Gasteiger partial charge in [0, 0.05) is 30.6 Å². The van der Waals surface area contributed by atoms with Crippen LogP contribution >= 0.6 is 24.0 Å². The summed E-state index contributed by atoms with van der Waals surface area (Å²) in [5, 5.41) is 0.794. The maximum Gasteiger partial charge on any atom is 0.0406 e. The van der Waals surface area contributed by atoms with Gasteiger partial charge >= 0.3 is 0 Å². The van der Waals surface area contributed by atoms with Crippen molar-refractivity contribution in [3.63, 3.8) is 0 Å². The molecule has 4 heteroatoms. The molecule has 1 aliphatic rings. The fourth-order valence-corrected chi connectivity index (χ4v) is 3.38. The Bertz CT molecular complexity index is 571. The predicted molar refractivity (Wildman–Crippen MR) is 95.7 cm³/mol. The van der Waals surface area contributed by atoms with Crippen molar-refractivity contribution in [3.05, 3.63) is 70.7 Å². The van der Waals surface area contributed by atoms with E-state index in [2.05, 4.69) is 47.4 Å². The molecule has 22 heavy (non-hydrogen) atoms. The summed E-state index contributed by atoms with van der Waals surface area (Å²) in [6.07, 6.45) is 0. The van der Waals surface area contributed by atoms with Gasteiger partial charge in [-0.1, -0.05) is 54.1 Å². The second kappa shape index (κ2) is 7.98. The second-order valence-corrected chi connectivity index (χ2v) is 6.27. The van der Waals surface area contributed by atoms with Gasteiger partial charge < -0.3 is 5.73 Å². The van der Waals surface area contributed by atoms with Crippen LogP contribution in [0.5, 0.6) is 0 Å². The monoisotopic (exact) mass is 336 g/mol. The van der Waals surface area contributed by atoms with Gasteiger partial charge in [0.1, 0.15) is 0 Å². The van der Waals surface area contributed by atoms with Crippen molar-refractivity contribution < 1.29 is 0 Å². The molecule has 0 unspecified atom stereocenters. The molecular formula is C18H22Cl2N2. The molecule has 0 spiro atoms. The van der Waals surface area contributed by atoms with Crippen LogP contribution in [-0.4, -0.2) is 24.5 Å². The minimum absolute atomic E-state index is 0. The highest BCUT2D eigenvalue weighted by atomic mass is 35.5. The Balaban J connectivity index is 0.00000176. The molecule has 0 aromatic heterocycles. The van der Waals surface area contributed by atoms with Crippen molar-refractivity contribution >= 4 is 24.0 Å². The molecule has 1 saturated heterocycles. The Morgan fingerprint density at radius 1 is 1.00 bits per heavy atom. The molecule has 0 bridgehead atoms. The van der Waals surface area contributed by atoms with Gasteiger partial charge in [-0.15, -0.1) is 12.4 Å². The third-order valence-corrected chi connectivity index (χ3v) is 4.62. The first-order chi connectivity index (χ1) is 10.3. The molecule has 0 saturated carbocycles. The average Bonchev–Trinajstić information content (AvgIpc) is 2.93. The highest BCUT2D eigenvalue weighted by Crippen LogP contribution is 2.32. The van der Waals surface area contributed by atoms with Crippen LogP contribution in [0.25, 0.3) is 0 Å². The summed E-state index contributed by atoms with van der Waals surface area (Å²) >= 11 is 5.95. The summed E-state index contributed by atoms with van der Waals surface area (Å²) in [4.78, 5) is 2.50. The maximum absolute atomic E-state index is 5.99. The quantitative estimate of drug-likeness (QED) is 0.916. The molecule has 118 valence electrons. The Hall–Kier alpha value is -1.06. The Labute approximate surface area is 143 Å². The highest BCUT2D eigenvalue weighted by Gasteiger charge is 2.32. The average molecular weight is 337 g/mol. The summed E-state index contributed by atoms with van der Waals surface area (Å²) in [7, 11) is 0. The lowest BCUT2D eigenvalue weighted by Crippen LogP contribution is -2.23.